The number of carbonyl (C=O) groups excluding carboxylic acids is 2. The lowest BCUT2D eigenvalue weighted by atomic mass is 10.1. The van der Waals surface area contributed by atoms with Crippen LogP contribution in [0.2, 0.25) is 0 Å². The topological polar surface area (TPSA) is 142 Å². The molecule has 1 unspecified atom stereocenters. The predicted octanol–water partition coefficient (Wildman–Crippen LogP) is -1.62. The first-order valence-corrected chi connectivity index (χ1v) is 8.01. The van der Waals surface area contributed by atoms with Gasteiger partial charge >= 0.3 is 17.8 Å². The Bertz CT molecular complexity index is 920. The van der Waals surface area contributed by atoms with Gasteiger partial charge in [-0.2, -0.15) is 4.72 Å². The Kier molecular flexibility index (Phi) is 4.39. The van der Waals surface area contributed by atoms with E-state index in [1.807, 2.05) is 0 Å². The fourth-order valence-corrected chi connectivity index (χ4v) is 3.23. The first kappa shape index (κ1) is 16.9. The van der Waals surface area contributed by atoms with Crippen LogP contribution < -0.4 is 15.4 Å². The number of nitrogens with zero attached hydrogens (tertiary/aromatic N) is 2. The third-order valence-corrected chi connectivity index (χ3v) is 4.54. The second kappa shape index (κ2) is 5.97. The maximum atomic E-state index is 12.3. The van der Waals surface area contributed by atoms with Crippen molar-refractivity contribution in [3.63, 3.8) is 0 Å². The van der Waals surface area contributed by atoms with Gasteiger partial charge in [0.1, 0.15) is 6.04 Å². The molecule has 122 valence electrons. The fourth-order valence-electron chi connectivity index (χ4n) is 1.88. The van der Waals surface area contributed by atoms with Gasteiger partial charge in [0.25, 0.3) is 0 Å². The summed E-state index contributed by atoms with van der Waals surface area (Å²) < 4.78 is 26.7. The number of hydrogen-bond acceptors (Lipinski definition) is 5. The minimum Gasteiger partial charge on any atom is -0.480 e. The molecular formula is C13H13N3O6S. The minimum atomic E-state index is -4.14. The average Bonchev–Trinajstić information content (AvgIpc) is 2.45. The van der Waals surface area contributed by atoms with Crippen LogP contribution in [0.4, 0.5) is 0 Å². The molecule has 1 aliphatic rings. The van der Waals surface area contributed by atoms with Crippen LogP contribution in [-0.2, 0) is 24.4 Å². The lowest BCUT2D eigenvalue weighted by Crippen LogP contribution is -2.44. The molecule has 0 saturated carbocycles. The van der Waals surface area contributed by atoms with Crippen molar-refractivity contribution >= 4 is 27.8 Å². The minimum absolute atomic E-state index is 0.0612. The van der Waals surface area contributed by atoms with E-state index in [1.165, 1.54) is 6.07 Å². The summed E-state index contributed by atoms with van der Waals surface area (Å²) in [5.41, 5.74) is 0. The highest BCUT2D eigenvalue weighted by atomic mass is 32.2. The zero-order valence-corrected chi connectivity index (χ0v) is 13.0. The molecule has 1 atom stereocenters. The van der Waals surface area contributed by atoms with E-state index in [4.69, 9.17) is 5.11 Å². The van der Waals surface area contributed by atoms with Gasteiger partial charge in [-0.15, -0.1) is 0 Å². The number of benzene rings is 1. The van der Waals surface area contributed by atoms with E-state index in [0.29, 0.717) is 0 Å². The zero-order chi connectivity index (χ0) is 17.4. The first-order chi connectivity index (χ1) is 10.6. The molecule has 23 heavy (non-hydrogen) atoms. The third-order valence-electron chi connectivity index (χ3n) is 3.10. The molecule has 0 bridgehead atoms. The molecular weight excluding hydrogens is 326 g/mol. The van der Waals surface area contributed by atoms with E-state index in [1.54, 1.807) is 13.8 Å². The summed E-state index contributed by atoms with van der Waals surface area (Å²) in [5.74, 6) is -3.90. The third kappa shape index (κ3) is 3.48. The predicted molar refractivity (Wildman–Crippen MR) is 75.4 cm³/mol. The van der Waals surface area contributed by atoms with Crippen LogP contribution >= 0.6 is 0 Å². The summed E-state index contributed by atoms with van der Waals surface area (Å²) in [6.07, 6.45) is 0. The second-order valence-corrected chi connectivity index (χ2v) is 6.88. The van der Waals surface area contributed by atoms with Crippen LogP contribution in [0, 0.1) is 5.92 Å². The van der Waals surface area contributed by atoms with Gasteiger partial charge in [0.15, 0.2) is 0 Å². The van der Waals surface area contributed by atoms with Gasteiger partial charge in [0.2, 0.25) is 10.0 Å². The summed E-state index contributed by atoms with van der Waals surface area (Å²) in [4.78, 5) is 40.1. The molecule has 0 saturated heterocycles. The van der Waals surface area contributed by atoms with E-state index < -0.39 is 39.8 Å². The molecule has 0 aliphatic carbocycles. The molecule has 0 aromatic heterocycles. The molecule has 2 rings (SSSR count). The Labute approximate surface area is 130 Å². The second-order valence-electron chi connectivity index (χ2n) is 5.17. The molecule has 1 heterocycles. The Morgan fingerprint density at radius 2 is 1.70 bits per heavy atom. The maximum Gasteiger partial charge on any atom is 0.338 e. The van der Waals surface area contributed by atoms with E-state index in [2.05, 4.69) is 14.7 Å². The molecule has 1 aromatic rings. The number of fused-ring (bicyclic) bond motifs is 1. The van der Waals surface area contributed by atoms with Gasteiger partial charge in [0.05, 0.1) is 15.6 Å². The molecule has 0 fully saturated rings. The van der Waals surface area contributed by atoms with Crippen LogP contribution in [-0.4, -0.2) is 37.3 Å². The molecule has 1 aliphatic heterocycles. The van der Waals surface area contributed by atoms with Crippen LogP contribution in [0.5, 0.6) is 0 Å². The zero-order valence-electron chi connectivity index (χ0n) is 12.2. The Morgan fingerprint density at radius 3 is 2.22 bits per heavy atom. The van der Waals surface area contributed by atoms with Crippen molar-refractivity contribution in [1.29, 1.82) is 0 Å². The van der Waals surface area contributed by atoms with Crippen LogP contribution in [0.3, 0.4) is 0 Å². The van der Waals surface area contributed by atoms with Crippen molar-refractivity contribution < 1.29 is 27.9 Å². The number of rotatable bonds is 5. The number of carboxylic acid groups (broad SMARTS) is 1. The van der Waals surface area contributed by atoms with Gasteiger partial charge in [-0.1, -0.05) is 13.8 Å². The monoisotopic (exact) mass is 339 g/mol. The first-order valence-electron chi connectivity index (χ1n) is 6.53. The highest BCUT2D eigenvalue weighted by molar-refractivity contribution is 7.89. The Hall–Kier alpha value is -2.46. The van der Waals surface area contributed by atoms with E-state index in [9.17, 15) is 22.8 Å². The summed E-state index contributed by atoms with van der Waals surface area (Å²) in [5, 5.41) is 9.08. The van der Waals surface area contributed by atoms with Crippen LogP contribution in [0.15, 0.2) is 33.1 Å². The number of hydrogen-bond donors (Lipinski definition) is 2. The summed E-state index contributed by atoms with van der Waals surface area (Å²) >= 11 is 0. The molecule has 2 N–H and O–H groups in total. The lowest BCUT2D eigenvalue weighted by molar-refractivity contribution is -0.140. The van der Waals surface area contributed by atoms with Gasteiger partial charge in [-0.25, -0.2) is 18.4 Å². The fraction of sp³-hybridized carbons (Fsp3) is 0.308. The standard InChI is InChI=1S/C13H13N3O6S/c1-6(2)10(13(19)20)16-23(21,22)7-3-4-8-9(5-7)15-12(18)11(17)14-8/h3-6,10,16H,1-2H3,(H,19,20). The SMILES string of the molecule is CC(C)C(NS(=O)(=O)c1ccc2c(c1)=NC(=O)C(=O)N=2)C(=O)O. The lowest BCUT2D eigenvalue weighted by Gasteiger charge is -2.17. The highest BCUT2D eigenvalue weighted by Gasteiger charge is 2.28. The quantitative estimate of drug-likeness (QED) is 0.617. The van der Waals surface area contributed by atoms with Crippen molar-refractivity contribution in [2.75, 3.05) is 0 Å². The number of aliphatic carboxylic acids is 1. The molecule has 1 aromatic carbocycles. The number of carbonyl (C=O) groups is 3. The number of nitrogens with one attached hydrogen (secondary N) is 1. The van der Waals surface area contributed by atoms with Crippen molar-refractivity contribution in [2.24, 2.45) is 15.9 Å². The summed E-state index contributed by atoms with van der Waals surface area (Å²) in [6.45, 7) is 3.12. The largest absolute Gasteiger partial charge is 0.480 e. The summed E-state index contributed by atoms with van der Waals surface area (Å²) in [7, 11) is -4.14. The molecule has 0 radical (unpaired) electrons. The Morgan fingerprint density at radius 1 is 1.13 bits per heavy atom. The number of sulfonamides is 1. The van der Waals surface area contributed by atoms with Crippen LogP contribution in [0.25, 0.3) is 0 Å². The smallest absolute Gasteiger partial charge is 0.338 e. The van der Waals surface area contributed by atoms with E-state index in [-0.39, 0.29) is 15.6 Å². The van der Waals surface area contributed by atoms with Crippen molar-refractivity contribution in [3.8, 4) is 0 Å². The number of amides is 2. The van der Waals surface area contributed by atoms with E-state index in [0.717, 1.165) is 12.1 Å². The van der Waals surface area contributed by atoms with Crippen molar-refractivity contribution in [1.82, 2.24) is 4.72 Å². The normalized spacial score (nSPS) is 15.6. The highest BCUT2D eigenvalue weighted by Crippen LogP contribution is 2.10. The average molecular weight is 339 g/mol. The van der Waals surface area contributed by atoms with E-state index >= 15 is 0 Å². The molecule has 9 nitrogen and oxygen atoms in total. The summed E-state index contributed by atoms with van der Waals surface area (Å²) in [6, 6.07) is 2.14. The van der Waals surface area contributed by atoms with Crippen LogP contribution in [0.1, 0.15) is 13.8 Å². The van der Waals surface area contributed by atoms with Gasteiger partial charge in [0, 0.05) is 0 Å². The van der Waals surface area contributed by atoms with Gasteiger partial charge in [-0.05, 0) is 24.1 Å². The molecule has 10 heteroatoms. The van der Waals surface area contributed by atoms with Crippen molar-refractivity contribution in [3.05, 3.63) is 28.9 Å². The maximum absolute atomic E-state index is 12.3. The van der Waals surface area contributed by atoms with Gasteiger partial charge < -0.3 is 5.11 Å². The molecule has 0 spiro atoms. The number of carboxylic acids is 1. The Balaban J connectivity index is 2.47. The van der Waals surface area contributed by atoms with Gasteiger partial charge in [-0.3, -0.25) is 14.4 Å². The molecule has 2 amide bonds. The van der Waals surface area contributed by atoms with Crippen molar-refractivity contribution in [2.45, 2.75) is 24.8 Å².